The number of rotatable bonds is 4. The van der Waals surface area contributed by atoms with Crippen LogP contribution in [0.4, 0.5) is 5.82 Å². The van der Waals surface area contributed by atoms with Gasteiger partial charge in [-0.3, -0.25) is 0 Å². The number of anilines is 1. The Morgan fingerprint density at radius 3 is 2.72 bits per heavy atom. The molecule has 0 aliphatic heterocycles. The molecule has 0 aliphatic carbocycles. The Labute approximate surface area is 111 Å². The zero-order valence-corrected chi connectivity index (χ0v) is 11.3. The van der Waals surface area contributed by atoms with Crippen LogP contribution in [0.3, 0.4) is 0 Å². The Morgan fingerprint density at radius 2 is 2.11 bits per heavy atom. The standard InChI is InChI=1S/C12H15ClN4O/c1-7(2)12-15-10(13)5-11(16-12)14-6-9-4-8(3)17-18-9/h4-5,7H,6H2,1-3H3,(H,14,15,16). The Hall–Kier alpha value is -1.62. The molecule has 0 bridgehead atoms. The molecule has 0 aliphatic rings. The van der Waals surface area contributed by atoms with Gasteiger partial charge >= 0.3 is 0 Å². The molecule has 0 spiro atoms. The van der Waals surface area contributed by atoms with Crippen molar-refractivity contribution >= 4 is 17.4 Å². The zero-order valence-electron chi connectivity index (χ0n) is 10.6. The fraction of sp³-hybridized carbons (Fsp3) is 0.417. The summed E-state index contributed by atoms with van der Waals surface area (Å²) in [6.45, 7) is 6.45. The van der Waals surface area contributed by atoms with Crippen LogP contribution >= 0.6 is 11.6 Å². The van der Waals surface area contributed by atoms with Crippen LogP contribution in [-0.4, -0.2) is 15.1 Å². The van der Waals surface area contributed by atoms with Crippen molar-refractivity contribution in [2.24, 2.45) is 0 Å². The van der Waals surface area contributed by atoms with Crippen molar-refractivity contribution < 1.29 is 4.52 Å². The van der Waals surface area contributed by atoms with Gasteiger partial charge in [-0.1, -0.05) is 30.6 Å². The maximum Gasteiger partial charge on any atom is 0.156 e. The molecule has 0 saturated heterocycles. The van der Waals surface area contributed by atoms with Crippen molar-refractivity contribution in [2.45, 2.75) is 33.2 Å². The summed E-state index contributed by atoms with van der Waals surface area (Å²) in [7, 11) is 0. The Bertz CT molecular complexity index is 539. The molecule has 0 aromatic carbocycles. The quantitative estimate of drug-likeness (QED) is 0.861. The number of nitrogens with one attached hydrogen (secondary N) is 1. The average Bonchev–Trinajstić information content (AvgIpc) is 2.72. The summed E-state index contributed by atoms with van der Waals surface area (Å²) in [5.41, 5.74) is 0.857. The van der Waals surface area contributed by atoms with E-state index in [2.05, 4.69) is 20.4 Å². The lowest BCUT2D eigenvalue weighted by Crippen LogP contribution is -2.05. The molecule has 2 heterocycles. The number of hydrogen-bond acceptors (Lipinski definition) is 5. The van der Waals surface area contributed by atoms with Crippen molar-refractivity contribution in [3.63, 3.8) is 0 Å². The summed E-state index contributed by atoms with van der Waals surface area (Å²) in [6.07, 6.45) is 0. The van der Waals surface area contributed by atoms with E-state index in [1.807, 2.05) is 26.8 Å². The number of hydrogen-bond donors (Lipinski definition) is 1. The van der Waals surface area contributed by atoms with Gasteiger partial charge in [0.25, 0.3) is 0 Å². The van der Waals surface area contributed by atoms with Gasteiger partial charge in [-0.25, -0.2) is 9.97 Å². The smallest absolute Gasteiger partial charge is 0.156 e. The van der Waals surface area contributed by atoms with Crippen LogP contribution in [-0.2, 0) is 6.54 Å². The molecular formula is C12H15ClN4O. The van der Waals surface area contributed by atoms with Crippen LogP contribution in [0, 0.1) is 6.92 Å². The van der Waals surface area contributed by atoms with E-state index in [1.54, 1.807) is 6.07 Å². The Morgan fingerprint density at radius 1 is 1.33 bits per heavy atom. The fourth-order valence-electron chi connectivity index (χ4n) is 1.46. The largest absolute Gasteiger partial charge is 0.363 e. The van der Waals surface area contributed by atoms with Crippen molar-refractivity contribution in [1.82, 2.24) is 15.1 Å². The van der Waals surface area contributed by atoms with Crippen LogP contribution in [0.15, 0.2) is 16.7 Å². The van der Waals surface area contributed by atoms with Gasteiger partial charge in [-0.05, 0) is 6.92 Å². The summed E-state index contributed by atoms with van der Waals surface area (Å²) in [6, 6.07) is 3.57. The summed E-state index contributed by atoms with van der Waals surface area (Å²) in [5, 5.41) is 7.39. The van der Waals surface area contributed by atoms with Gasteiger partial charge in [0.15, 0.2) is 5.76 Å². The van der Waals surface area contributed by atoms with Crippen molar-refractivity contribution in [3.05, 3.63) is 34.6 Å². The van der Waals surface area contributed by atoms with Crippen LogP contribution in [0.5, 0.6) is 0 Å². The second-order valence-electron chi connectivity index (χ2n) is 4.38. The van der Waals surface area contributed by atoms with E-state index in [-0.39, 0.29) is 5.92 Å². The number of aromatic nitrogens is 3. The predicted molar refractivity (Wildman–Crippen MR) is 69.7 cm³/mol. The normalized spacial score (nSPS) is 10.9. The molecule has 2 aromatic heterocycles. The van der Waals surface area contributed by atoms with Gasteiger partial charge in [-0.2, -0.15) is 0 Å². The Kier molecular flexibility index (Phi) is 3.81. The van der Waals surface area contributed by atoms with Crippen molar-refractivity contribution in [3.8, 4) is 0 Å². The minimum Gasteiger partial charge on any atom is -0.363 e. The lowest BCUT2D eigenvalue weighted by Gasteiger charge is -2.08. The van der Waals surface area contributed by atoms with Gasteiger partial charge in [-0.15, -0.1) is 0 Å². The minimum absolute atomic E-state index is 0.233. The third-order valence-electron chi connectivity index (χ3n) is 2.35. The maximum absolute atomic E-state index is 5.95. The third-order valence-corrected chi connectivity index (χ3v) is 2.54. The van der Waals surface area contributed by atoms with E-state index < -0.39 is 0 Å². The first-order chi connectivity index (χ1) is 8.54. The van der Waals surface area contributed by atoms with Gasteiger partial charge in [0, 0.05) is 18.1 Å². The number of halogens is 1. The van der Waals surface area contributed by atoms with Crippen LogP contribution < -0.4 is 5.32 Å². The van der Waals surface area contributed by atoms with Gasteiger partial charge in [0.05, 0.1) is 12.2 Å². The molecule has 0 unspecified atom stereocenters. The summed E-state index contributed by atoms with van der Waals surface area (Å²) >= 11 is 5.95. The van der Waals surface area contributed by atoms with Crippen LogP contribution in [0.1, 0.15) is 37.0 Å². The minimum atomic E-state index is 0.233. The molecule has 5 nitrogen and oxygen atoms in total. The van der Waals surface area contributed by atoms with E-state index in [9.17, 15) is 0 Å². The first-order valence-corrected chi connectivity index (χ1v) is 6.13. The zero-order chi connectivity index (χ0) is 13.1. The second-order valence-corrected chi connectivity index (χ2v) is 4.76. The van der Waals surface area contributed by atoms with Crippen LogP contribution in [0.25, 0.3) is 0 Å². The maximum atomic E-state index is 5.95. The molecule has 96 valence electrons. The molecular weight excluding hydrogens is 252 g/mol. The van der Waals surface area contributed by atoms with Crippen LogP contribution in [0.2, 0.25) is 5.15 Å². The van der Waals surface area contributed by atoms with Crippen molar-refractivity contribution in [1.29, 1.82) is 0 Å². The molecule has 2 rings (SSSR count). The molecule has 0 radical (unpaired) electrons. The highest BCUT2D eigenvalue weighted by molar-refractivity contribution is 6.29. The Balaban J connectivity index is 2.09. The molecule has 6 heteroatoms. The van der Waals surface area contributed by atoms with E-state index >= 15 is 0 Å². The fourth-order valence-corrected chi connectivity index (χ4v) is 1.65. The SMILES string of the molecule is Cc1cc(CNc2cc(Cl)nc(C(C)C)n2)on1. The lowest BCUT2D eigenvalue weighted by molar-refractivity contribution is 0.384. The van der Waals surface area contributed by atoms with E-state index in [0.29, 0.717) is 17.5 Å². The van der Waals surface area contributed by atoms with E-state index in [4.69, 9.17) is 16.1 Å². The van der Waals surface area contributed by atoms with Gasteiger partial charge < -0.3 is 9.84 Å². The lowest BCUT2D eigenvalue weighted by atomic mass is 10.2. The molecule has 0 atom stereocenters. The van der Waals surface area contributed by atoms with E-state index in [0.717, 1.165) is 17.3 Å². The molecule has 0 fully saturated rings. The highest BCUT2D eigenvalue weighted by Gasteiger charge is 2.07. The van der Waals surface area contributed by atoms with E-state index in [1.165, 1.54) is 0 Å². The van der Waals surface area contributed by atoms with Gasteiger partial charge in [0.2, 0.25) is 0 Å². The first kappa shape index (κ1) is 12.8. The highest BCUT2D eigenvalue weighted by Crippen LogP contribution is 2.17. The highest BCUT2D eigenvalue weighted by atomic mass is 35.5. The second kappa shape index (κ2) is 5.35. The first-order valence-electron chi connectivity index (χ1n) is 5.75. The monoisotopic (exact) mass is 266 g/mol. The van der Waals surface area contributed by atoms with Gasteiger partial charge in [0.1, 0.15) is 16.8 Å². The molecule has 1 N–H and O–H groups in total. The third kappa shape index (κ3) is 3.20. The summed E-state index contributed by atoms with van der Waals surface area (Å²) in [4.78, 5) is 8.56. The topological polar surface area (TPSA) is 63.8 Å². The number of aryl methyl sites for hydroxylation is 1. The summed E-state index contributed by atoms with van der Waals surface area (Å²) < 4.78 is 5.11. The summed E-state index contributed by atoms with van der Waals surface area (Å²) in [5.74, 6) is 2.40. The average molecular weight is 267 g/mol. The predicted octanol–water partition coefficient (Wildman–Crippen LogP) is 3.16. The molecule has 0 amide bonds. The number of nitrogens with zero attached hydrogens (tertiary/aromatic N) is 3. The molecule has 0 saturated carbocycles. The molecule has 18 heavy (non-hydrogen) atoms. The van der Waals surface area contributed by atoms with Crippen molar-refractivity contribution in [2.75, 3.05) is 5.32 Å². The molecule has 2 aromatic rings.